The van der Waals surface area contributed by atoms with Gasteiger partial charge in [0.15, 0.2) is 17.5 Å². The molecule has 0 fully saturated rings. The van der Waals surface area contributed by atoms with Crippen LogP contribution in [0.1, 0.15) is 19.1 Å². The second-order valence-corrected chi connectivity index (χ2v) is 3.86. The van der Waals surface area contributed by atoms with Gasteiger partial charge in [0.05, 0.1) is 0 Å². The van der Waals surface area contributed by atoms with Gasteiger partial charge in [0.1, 0.15) is 17.8 Å². The van der Waals surface area contributed by atoms with Crippen molar-refractivity contribution in [1.29, 1.82) is 0 Å². The Morgan fingerprint density at radius 1 is 1.33 bits per heavy atom. The highest BCUT2D eigenvalue weighted by molar-refractivity contribution is 5.76. The maximum absolute atomic E-state index is 5.97. The van der Waals surface area contributed by atoms with Crippen molar-refractivity contribution >= 4 is 23.1 Å². The average molecular weight is 248 g/mol. The third kappa shape index (κ3) is 2.68. The number of rotatable bonds is 5. The van der Waals surface area contributed by atoms with Crippen molar-refractivity contribution in [3.63, 3.8) is 0 Å². The van der Waals surface area contributed by atoms with Gasteiger partial charge in [-0.25, -0.2) is 9.97 Å². The van der Waals surface area contributed by atoms with E-state index in [1.807, 2.05) is 6.92 Å². The van der Waals surface area contributed by atoms with Crippen LogP contribution < -0.4 is 16.4 Å². The zero-order valence-electron chi connectivity index (χ0n) is 10.4. The smallest absolute Gasteiger partial charge is 0.175 e. The van der Waals surface area contributed by atoms with Gasteiger partial charge in [0, 0.05) is 12.6 Å². The Labute approximate surface area is 105 Å². The highest BCUT2D eigenvalue weighted by atomic mass is 16.5. The second kappa shape index (κ2) is 5.35. The van der Waals surface area contributed by atoms with Crippen molar-refractivity contribution in [3.8, 4) is 0 Å². The lowest BCUT2D eigenvalue weighted by Crippen LogP contribution is -2.08. The van der Waals surface area contributed by atoms with Gasteiger partial charge in [0.25, 0.3) is 0 Å². The standard InChI is InChI=1S/C11H16N6O/c1-3-4-13-10-9(12)11(15-6-14-10)16-8-5-7(2)18-17-8/h5-6H,3-4,12H2,1-2H3,(H2,13,14,15,16,17). The summed E-state index contributed by atoms with van der Waals surface area (Å²) < 4.78 is 4.96. The second-order valence-electron chi connectivity index (χ2n) is 3.86. The van der Waals surface area contributed by atoms with Crippen molar-refractivity contribution in [1.82, 2.24) is 15.1 Å². The number of nitrogen functional groups attached to an aromatic ring is 1. The number of hydrogen-bond donors (Lipinski definition) is 3. The summed E-state index contributed by atoms with van der Waals surface area (Å²) in [5.41, 5.74) is 6.43. The van der Waals surface area contributed by atoms with Crippen LogP contribution in [0.4, 0.5) is 23.1 Å². The summed E-state index contributed by atoms with van der Waals surface area (Å²) in [6, 6.07) is 1.76. The first-order chi connectivity index (χ1) is 8.70. The number of nitrogens with two attached hydrogens (primary N) is 1. The monoisotopic (exact) mass is 248 g/mol. The molecule has 0 amide bonds. The maximum atomic E-state index is 5.97. The molecule has 2 rings (SSSR count). The minimum absolute atomic E-state index is 0.464. The van der Waals surface area contributed by atoms with E-state index < -0.39 is 0 Å². The minimum atomic E-state index is 0.464. The Morgan fingerprint density at radius 2 is 2.11 bits per heavy atom. The Balaban J connectivity index is 2.17. The van der Waals surface area contributed by atoms with E-state index >= 15 is 0 Å². The largest absolute Gasteiger partial charge is 0.393 e. The molecule has 0 aliphatic heterocycles. The van der Waals surface area contributed by atoms with Crippen molar-refractivity contribution in [2.45, 2.75) is 20.3 Å². The number of hydrogen-bond acceptors (Lipinski definition) is 7. The average Bonchev–Trinajstić information content (AvgIpc) is 2.76. The lowest BCUT2D eigenvalue weighted by Gasteiger charge is -2.10. The molecule has 0 bridgehead atoms. The Kier molecular flexibility index (Phi) is 3.61. The first kappa shape index (κ1) is 12.2. The van der Waals surface area contributed by atoms with Crippen LogP contribution in [-0.4, -0.2) is 21.7 Å². The van der Waals surface area contributed by atoms with Crippen molar-refractivity contribution < 1.29 is 4.52 Å². The molecule has 4 N–H and O–H groups in total. The summed E-state index contributed by atoms with van der Waals surface area (Å²) in [6.45, 7) is 4.70. The van der Waals surface area contributed by atoms with E-state index in [0.717, 1.165) is 18.7 Å². The van der Waals surface area contributed by atoms with E-state index in [1.165, 1.54) is 6.33 Å². The molecule has 96 valence electrons. The maximum Gasteiger partial charge on any atom is 0.175 e. The van der Waals surface area contributed by atoms with Crippen molar-refractivity contribution in [2.24, 2.45) is 0 Å². The lowest BCUT2D eigenvalue weighted by atomic mass is 10.4. The highest BCUT2D eigenvalue weighted by Gasteiger charge is 2.09. The summed E-state index contributed by atoms with van der Waals surface area (Å²) in [6.07, 6.45) is 2.44. The van der Waals surface area contributed by atoms with Gasteiger partial charge in [-0.15, -0.1) is 0 Å². The fourth-order valence-corrected chi connectivity index (χ4v) is 1.43. The molecular weight excluding hydrogens is 232 g/mol. The molecule has 0 saturated carbocycles. The Hall–Kier alpha value is -2.31. The summed E-state index contributed by atoms with van der Waals surface area (Å²) in [5.74, 6) is 2.42. The van der Waals surface area contributed by atoms with Crippen LogP contribution in [0.5, 0.6) is 0 Å². The van der Waals surface area contributed by atoms with E-state index in [1.54, 1.807) is 6.07 Å². The molecule has 0 unspecified atom stereocenters. The van der Waals surface area contributed by atoms with Gasteiger partial charge >= 0.3 is 0 Å². The summed E-state index contributed by atoms with van der Waals surface area (Å²) in [5, 5.41) is 9.94. The van der Waals surface area contributed by atoms with Gasteiger partial charge < -0.3 is 20.9 Å². The van der Waals surface area contributed by atoms with E-state index in [9.17, 15) is 0 Å². The Morgan fingerprint density at radius 3 is 2.78 bits per heavy atom. The predicted molar refractivity (Wildman–Crippen MR) is 69.7 cm³/mol. The lowest BCUT2D eigenvalue weighted by molar-refractivity contribution is 0.400. The molecule has 0 aliphatic carbocycles. The van der Waals surface area contributed by atoms with Crippen LogP contribution in [-0.2, 0) is 0 Å². The van der Waals surface area contributed by atoms with E-state index in [-0.39, 0.29) is 0 Å². The molecular formula is C11H16N6O. The first-order valence-corrected chi connectivity index (χ1v) is 5.75. The SMILES string of the molecule is CCCNc1ncnc(Nc2cc(C)on2)c1N. The van der Waals surface area contributed by atoms with Crippen LogP contribution in [0.3, 0.4) is 0 Å². The van der Waals surface area contributed by atoms with Crippen molar-refractivity contribution in [2.75, 3.05) is 22.9 Å². The molecule has 0 radical (unpaired) electrons. The molecule has 2 aromatic rings. The molecule has 7 heteroatoms. The zero-order chi connectivity index (χ0) is 13.0. The van der Waals surface area contributed by atoms with Gasteiger partial charge in [-0.05, 0) is 13.3 Å². The highest BCUT2D eigenvalue weighted by Crippen LogP contribution is 2.25. The van der Waals surface area contributed by atoms with E-state index in [0.29, 0.717) is 23.1 Å². The number of nitrogens with one attached hydrogen (secondary N) is 2. The van der Waals surface area contributed by atoms with Crippen LogP contribution in [0.2, 0.25) is 0 Å². The van der Waals surface area contributed by atoms with E-state index in [4.69, 9.17) is 10.3 Å². The normalized spacial score (nSPS) is 10.3. The van der Waals surface area contributed by atoms with Crippen LogP contribution >= 0.6 is 0 Å². The topological polar surface area (TPSA) is 102 Å². The summed E-state index contributed by atoms with van der Waals surface area (Å²) >= 11 is 0. The molecule has 0 aliphatic rings. The molecule has 7 nitrogen and oxygen atoms in total. The molecule has 2 aromatic heterocycles. The number of anilines is 4. The van der Waals surface area contributed by atoms with Crippen LogP contribution in [0.15, 0.2) is 16.9 Å². The number of aryl methyl sites for hydroxylation is 1. The first-order valence-electron chi connectivity index (χ1n) is 5.75. The Bertz CT molecular complexity index is 524. The molecule has 0 atom stereocenters. The molecule has 18 heavy (non-hydrogen) atoms. The predicted octanol–water partition coefficient (Wildman–Crippen LogP) is 1.92. The quantitative estimate of drug-likeness (QED) is 0.742. The number of nitrogens with zero attached hydrogens (tertiary/aromatic N) is 3. The summed E-state index contributed by atoms with van der Waals surface area (Å²) in [4.78, 5) is 8.17. The van der Waals surface area contributed by atoms with Gasteiger partial charge in [-0.3, -0.25) is 0 Å². The molecule has 0 aromatic carbocycles. The zero-order valence-corrected chi connectivity index (χ0v) is 10.4. The van der Waals surface area contributed by atoms with Gasteiger partial charge in [-0.2, -0.15) is 0 Å². The molecule has 2 heterocycles. The minimum Gasteiger partial charge on any atom is -0.393 e. The third-order valence-electron chi connectivity index (χ3n) is 2.30. The fourth-order valence-electron chi connectivity index (χ4n) is 1.43. The third-order valence-corrected chi connectivity index (χ3v) is 2.30. The fraction of sp³-hybridized carbons (Fsp3) is 0.364. The van der Waals surface area contributed by atoms with Crippen molar-refractivity contribution in [3.05, 3.63) is 18.2 Å². The van der Waals surface area contributed by atoms with Crippen LogP contribution in [0.25, 0.3) is 0 Å². The summed E-state index contributed by atoms with van der Waals surface area (Å²) in [7, 11) is 0. The van der Waals surface area contributed by atoms with Gasteiger partial charge in [-0.1, -0.05) is 12.1 Å². The number of aromatic nitrogens is 3. The molecule has 0 saturated heterocycles. The van der Waals surface area contributed by atoms with E-state index in [2.05, 4.69) is 32.7 Å². The van der Waals surface area contributed by atoms with Gasteiger partial charge in [0.2, 0.25) is 0 Å². The van der Waals surface area contributed by atoms with Crippen LogP contribution in [0, 0.1) is 6.92 Å². The molecule has 0 spiro atoms.